The molecule has 0 fully saturated rings. The van der Waals surface area contributed by atoms with Crippen molar-refractivity contribution in [2.45, 2.75) is 38.3 Å². The molecule has 0 spiro atoms. The summed E-state index contributed by atoms with van der Waals surface area (Å²) in [6, 6.07) is 3.79. The zero-order chi connectivity index (χ0) is 15.9. The number of thiophene rings is 1. The Morgan fingerprint density at radius 1 is 1.41 bits per heavy atom. The quantitative estimate of drug-likeness (QED) is 0.763. The Morgan fingerprint density at radius 3 is 2.82 bits per heavy atom. The van der Waals surface area contributed by atoms with Crippen molar-refractivity contribution in [1.82, 2.24) is 19.3 Å². The molecule has 0 unspecified atom stereocenters. The van der Waals surface area contributed by atoms with Gasteiger partial charge in [-0.1, -0.05) is 31.3 Å². The van der Waals surface area contributed by atoms with Gasteiger partial charge < -0.3 is 0 Å². The monoisotopic (exact) mass is 356 g/mol. The smallest absolute Gasteiger partial charge is 0.221 e. The van der Waals surface area contributed by atoms with E-state index in [-0.39, 0.29) is 17.5 Å². The number of hydrogen-bond donors (Lipinski definition) is 1. The molecule has 0 bridgehead atoms. The summed E-state index contributed by atoms with van der Waals surface area (Å²) in [7, 11) is -3.66. The van der Waals surface area contributed by atoms with Gasteiger partial charge in [0, 0.05) is 17.3 Å². The average Bonchev–Trinajstić information content (AvgIpc) is 3.10. The molecule has 0 amide bonds. The number of rotatable bonds is 5. The summed E-state index contributed by atoms with van der Waals surface area (Å²) in [5, 5.41) is 7.32. The van der Waals surface area contributed by atoms with Crippen LogP contribution in [0.15, 0.2) is 22.5 Å². The highest BCUT2D eigenvalue weighted by molar-refractivity contribution is 7.89. The lowest BCUT2D eigenvalue weighted by Gasteiger charge is -2.05. The molecule has 118 valence electrons. The van der Waals surface area contributed by atoms with E-state index in [4.69, 9.17) is 0 Å². The molecule has 0 saturated carbocycles. The standard InChI is InChI=1S/C13H16N4O2S3/c1-8(2)11-16-17-12(9(3)15-13(17)21-11)22(18,19)14-7-10-5-4-6-20-10/h4-6,8,14H,7H2,1-3H3. The van der Waals surface area contributed by atoms with Crippen molar-refractivity contribution in [3.63, 3.8) is 0 Å². The third-order valence-corrected chi connectivity index (χ3v) is 6.69. The zero-order valence-corrected chi connectivity index (χ0v) is 14.8. The number of sulfonamides is 1. The lowest BCUT2D eigenvalue weighted by Crippen LogP contribution is -2.25. The van der Waals surface area contributed by atoms with Gasteiger partial charge >= 0.3 is 0 Å². The number of aromatic nitrogens is 3. The minimum Gasteiger partial charge on any atom is -0.221 e. The Labute approximate surface area is 136 Å². The molecule has 0 aliphatic heterocycles. The first-order chi connectivity index (χ1) is 10.4. The molecule has 9 heteroatoms. The van der Waals surface area contributed by atoms with Crippen LogP contribution in [0.4, 0.5) is 0 Å². The van der Waals surface area contributed by atoms with E-state index in [1.165, 1.54) is 27.2 Å². The Morgan fingerprint density at radius 2 is 2.18 bits per heavy atom. The van der Waals surface area contributed by atoms with E-state index in [1.807, 2.05) is 31.4 Å². The summed E-state index contributed by atoms with van der Waals surface area (Å²) in [5.41, 5.74) is 0.465. The summed E-state index contributed by atoms with van der Waals surface area (Å²) in [5.74, 6) is 0.238. The minimum atomic E-state index is -3.66. The highest BCUT2D eigenvalue weighted by atomic mass is 32.2. The molecule has 0 aliphatic rings. The van der Waals surface area contributed by atoms with Crippen LogP contribution in [0.3, 0.4) is 0 Å². The number of fused-ring (bicyclic) bond motifs is 1. The van der Waals surface area contributed by atoms with E-state index in [1.54, 1.807) is 6.92 Å². The molecular weight excluding hydrogens is 340 g/mol. The molecule has 0 aliphatic carbocycles. The molecule has 0 atom stereocenters. The lowest BCUT2D eigenvalue weighted by atomic mass is 10.2. The summed E-state index contributed by atoms with van der Waals surface area (Å²) in [4.78, 5) is 5.90. The van der Waals surface area contributed by atoms with Crippen molar-refractivity contribution in [1.29, 1.82) is 0 Å². The number of aryl methyl sites for hydroxylation is 1. The first kappa shape index (κ1) is 15.6. The van der Waals surface area contributed by atoms with Gasteiger partial charge in [0.25, 0.3) is 10.0 Å². The molecule has 0 aromatic carbocycles. The van der Waals surface area contributed by atoms with E-state index in [2.05, 4.69) is 14.8 Å². The van der Waals surface area contributed by atoms with Crippen LogP contribution in [0.5, 0.6) is 0 Å². The van der Waals surface area contributed by atoms with Crippen LogP contribution >= 0.6 is 22.7 Å². The minimum absolute atomic E-state index is 0.127. The summed E-state index contributed by atoms with van der Waals surface area (Å²) in [6.45, 7) is 6.01. The average molecular weight is 356 g/mol. The number of hydrogen-bond acceptors (Lipinski definition) is 6. The third-order valence-electron chi connectivity index (χ3n) is 3.11. The second-order valence-electron chi connectivity index (χ2n) is 5.20. The number of nitrogens with zero attached hydrogens (tertiary/aromatic N) is 3. The Balaban J connectivity index is 1.98. The highest BCUT2D eigenvalue weighted by Gasteiger charge is 2.26. The maximum atomic E-state index is 12.6. The van der Waals surface area contributed by atoms with Gasteiger partial charge in [-0.3, -0.25) is 0 Å². The third kappa shape index (κ3) is 2.81. The van der Waals surface area contributed by atoms with Gasteiger partial charge in [0.05, 0.1) is 5.69 Å². The maximum absolute atomic E-state index is 12.6. The Kier molecular flexibility index (Phi) is 4.06. The first-order valence-electron chi connectivity index (χ1n) is 6.76. The first-order valence-corrected chi connectivity index (χ1v) is 9.94. The van der Waals surface area contributed by atoms with Gasteiger partial charge in [0.15, 0.2) is 5.03 Å². The topological polar surface area (TPSA) is 76.4 Å². The molecule has 1 N–H and O–H groups in total. The van der Waals surface area contributed by atoms with Crippen LogP contribution in [0, 0.1) is 6.92 Å². The van der Waals surface area contributed by atoms with Gasteiger partial charge in [-0.05, 0) is 18.4 Å². The van der Waals surface area contributed by atoms with Crippen molar-refractivity contribution < 1.29 is 8.42 Å². The normalized spacial score (nSPS) is 12.5. The van der Waals surface area contributed by atoms with Crippen molar-refractivity contribution in [3.05, 3.63) is 33.1 Å². The highest BCUT2D eigenvalue weighted by Crippen LogP contribution is 2.26. The van der Waals surface area contributed by atoms with E-state index in [0.717, 1.165) is 9.88 Å². The molecular formula is C13H16N4O2S3. The van der Waals surface area contributed by atoms with Crippen molar-refractivity contribution in [2.24, 2.45) is 0 Å². The van der Waals surface area contributed by atoms with E-state index in [0.29, 0.717) is 10.7 Å². The molecule has 3 aromatic heterocycles. The summed E-state index contributed by atoms with van der Waals surface area (Å²) in [6.07, 6.45) is 0. The predicted molar refractivity (Wildman–Crippen MR) is 88.0 cm³/mol. The molecule has 22 heavy (non-hydrogen) atoms. The fraction of sp³-hybridized carbons (Fsp3) is 0.385. The van der Waals surface area contributed by atoms with Crippen LogP contribution in [0.1, 0.15) is 35.3 Å². The SMILES string of the molecule is Cc1nc2sc(C(C)C)nn2c1S(=O)(=O)NCc1cccs1. The fourth-order valence-corrected chi connectivity index (χ4v) is 5.05. The zero-order valence-electron chi connectivity index (χ0n) is 12.4. The van der Waals surface area contributed by atoms with Crippen LogP contribution in [-0.4, -0.2) is 23.0 Å². The van der Waals surface area contributed by atoms with Gasteiger partial charge in [0.1, 0.15) is 5.01 Å². The van der Waals surface area contributed by atoms with Crippen LogP contribution in [0.2, 0.25) is 0 Å². The predicted octanol–water partition coefficient (Wildman–Crippen LogP) is 2.76. The lowest BCUT2D eigenvalue weighted by molar-refractivity contribution is 0.572. The van der Waals surface area contributed by atoms with Gasteiger partial charge in [-0.2, -0.15) is 9.61 Å². The van der Waals surface area contributed by atoms with Crippen molar-refractivity contribution >= 4 is 37.7 Å². The van der Waals surface area contributed by atoms with Crippen molar-refractivity contribution in [3.8, 4) is 0 Å². The molecule has 0 saturated heterocycles. The molecule has 3 aromatic rings. The second kappa shape index (κ2) is 5.73. The Hall–Kier alpha value is -1.29. The van der Waals surface area contributed by atoms with Gasteiger partial charge in [-0.25, -0.2) is 18.1 Å². The van der Waals surface area contributed by atoms with Crippen LogP contribution in [0.25, 0.3) is 4.96 Å². The number of imidazole rings is 1. The Bertz CT molecular complexity index is 891. The van der Waals surface area contributed by atoms with Gasteiger partial charge in [-0.15, -0.1) is 11.3 Å². The van der Waals surface area contributed by atoms with E-state index >= 15 is 0 Å². The molecule has 0 radical (unpaired) electrons. The molecule has 6 nitrogen and oxygen atoms in total. The number of nitrogens with one attached hydrogen (secondary N) is 1. The summed E-state index contributed by atoms with van der Waals surface area (Å²) >= 11 is 2.94. The second-order valence-corrected chi connectivity index (χ2v) is 8.90. The van der Waals surface area contributed by atoms with E-state index < -0.39 is 10.0 Å². The van der Waals surface area contributed by atoms with Crippen LogP contribution < -0.4 is 4.72 Å². The van der Waals surface area contributed by atoms with Crippen LogP contribution in [-0.2, 0) is 16.6 Å². The summed E-state index contributed by atoms with van der Waals surface area (Å²) < 4.78 is 29.3. The van der Waals surface area contributed by atoms with Crippen molar-refractivity contribution in [2.75, 3.05) is 0 Å². The van der Waals surface area contributed by atoms with E-state index in [9.17, 15) is 8.42 Å². The largest absolute Gasteiger partial charge is 0.260 e. The molecule has 3 rings (SSSR count). The fourth-order valence-electron chi connectivity index (χ4n) is 2.03. The van der Waals surface area contributed by atoms with Gasteiger partial charge in [0.2, 0.25) is 4.96 Å². The maximum Gasteiger partial charge on any atom is 0.260 e. The molecule has 3 heterocycles.